The van der Waals surface area contributed by atoms with E-state index in [0.717, 1.165) is 25.5 Å². The highest BCUT2D eigenvalue weighted by Crippen LogP contribution is 2.30. The van der Waals surface area contributed by atoms with Crippen molar-refractivity contribution < 1.29 is 9.47 Å². The summed E-state index contributed by atoms with van der Waals surface area (Å²) in [6, 6.07) is 0.506. The van der Waals surface area contributed by atoms with Crippen LogP contribution in [0, 0.1) is 5.92 Å². The molecule has 0 spiro atoms. The highest BCUT2D eigenvalue weighted by molar-refractivity contribution is 4.97. The second kappa shape index (κ2) is 7.46. The fraction of sp³-hybridized carbons (Fsp3) is 1.00. The van der Waals surface area contributed by atoms with E-state index in [-0.39, 0.29) is 6.10 Å². The monoisotopic (exact) mass is 255 g/mol. The van der Waals surface area contributed by atoms with E-state index in [1.807, 2.05) is 0 Å². The van der Waals surface area contributed by atoms with Crippen LogP contribution in [0.3, 0.4) is 0 Å². The summed E-state index contributed by atoms with van der Waals surface area (Å²) >= 11 is 0. The van der Waals surface area contributed by atoms with Gasteiger partial charge in [-0.3, -0.25) is 0 Å². The SMILES string of the molecule is CCCNC1CC(OCC2CCCCC2)C1OC. The molecule has 0 bridgehead atoms. The summed E-state index contributed by atoms with van der Waals surface area (Å²) in [5, 5.41) is 3.53. The molecule has 3 atom stereocenters. The van der Waals surface area contributed by atoms with E-state index in [2.05, 4.69) is 12.2 Å². The molecular weight excluding hydrogens is 226 g/mol. The van der Waals surface area contributed by atoms with Crippen LogP contribution in [0.15, 0.2) is 0 Å². The van der Waals surface area contributed by atoms with Gasteiger partial charge in [-0.15, -0.1) is 0 Å². The van der Waals surface area contributed by atoms with E-state index in [1.54, 1.807) is 7.11 Å². The first-order valence-corrected chi connectivity index (χ1v) is 7.73. The molecule has 1 N–H and O–H groups in total. The first kappa shape index (κ1) is 14.3. The third kappa shape index (κ3) is 3.69. The minimum Gasteiger partial charge on any atom is -0.377 e. The Labute approximate surface area is 112 Å². The number of nitrogens with one attached hydrogen (secondary N) is 1. The zero-order valence-electron chi connectivity index (χ0n) is 12.0. The fourth-order valence-electron chi connectivity index (χ4n) is 3.20. The average Bonchev–Trinajstić information content (AvgIpc) is 2.39. The molecule has 3 heteroatoms. The summed E-state index contributed by atoms with van der Waals surface area (Å²) in [7, 11) is 1.81. The molecule has 18 heavy (non-hydrogen) atoms. The maximum absolute atomic E-state index is 6.07. The molecule has 0 aromatic rings. The third-order valence-electron chi connectivity index (χ3n) is 4.45. The summed E-state index contributed by atoms with van der Waals surface area (Å²) in [6.07, 6.45) is 9.82. The van der Waals surface area contributed by atoms with Crippen LogP contribution in [-0.2, 0) is 9.47 Å². The smallest absolute Gasteiger partial charge is 0.0986 e. The van der Waals surface area contributed by atoms with E-state index in [9.17, 15) is 0 Å². The van der Waals surface area contributed by atoms with Crippen LogP contribution in [0.5, 0.6) is 0 Å². The molecule has 0 amide bonds. The fourth-order valence-corrected chi connectivity index (χ4v) is 3.20. The van der Waals surface area contributed by atoms with Crippen molar-refractivity contribution in [1.29, 1.82) is 0 Å². The molecular formula is C15H29NO2. The molecule has 0 aliphatic heterocycles. The van der Waals surface area contributed by atoms with Crippen LogP contribution >= 0.6 is 0 Å². The van der Waals surface area contributed by atoms with Gasteiger partial charge >= 0.3 is 0 Å². The van der Waals surface area contributed by atoms with Gasteiger partial charge in [0.2, 0.25) is 0 Å². The molecule has 0 aromatic carbocycles. The van der Waals surface area contributed by atoms with Crippen LogP contribution < -0.4 is 5.32 Å². The third-order valence-corrected chi connectivity index (χ3v) is 4.45. The average molecular weight is 255 g/mol. The lowest BCUT2D eigenvalue weighted by molar-refractivity contribution is -0.141. The molecule has 2 rings (SSSR count). The van der Waals surface area contributed by atoms with Crippen molar-refractivity contribution in [3.63, 3.8) is 0 Å². The summed E-state index contributed by atoms with van der Waals surface area (Å²) in [5.41, 5.74) is 0. The largest absolute Gasteiger partial charge is 0.377 e. The first-order valence-electron chi connectivity index (χ1n) is 7.73. The lowest BCUT2D eigenvalue weighted by Gasteiger charge is -2.44. The van der Waals surface area contributed by atoms with Crippen molar-refractivity contribution in [2.75, 3.05) is 20.3 Å². The Morgan fingerprint density at radius 1 is 1.17 bits per heavy atom. The Hall–Kier alpha value is -0.120. The van der Waals surface area contributed by atoms with E-state index in [0.29, 0.717) is 12.1 Å². The molecule has 3 unspecified atom stereocenters. The highest BCUT2D eigenvalue weighted by Gasteiger charge is 2.42. The molecule has 2 aliphatic carbocycles. The van der Waals surface area contributed by atoms with Crippen molar-refractivity contribution >= 4 is 0 Å². The van der Waals surface area contributed by atoms with Crippen molar-refractivity contribution in [3.05, 3.63) is 0 Å². The van der Waals surface area contributed by atoms with E-state index >= 15 is 0 Å². The molecule has 2 fully saturated rings. The summed E-state index contributed by atoms with van der Waals surface area (Å²) in [5.74, 6) is 0.805. The first-order chi connectivity index (χ1) is 8.85. The normalized spacial score (nSPS) is 33.3. The number of hydrogen-bond acceptors (Lipinski definition) is 3. The molecule has 0 aromatic heterocycles. The maximum atomic E-state index is 6.07. The minimum atomic E-state index is 0.264. The standard InChI is InChI=1S/C15H29NO2/c1-3-9-16-13-10-14(15(13)17-2)18-11-12-7-5-4-6-8-12/h12-16H,3-11H2,1-2H3. The Morgan fingerprint density at radius 2 is 1.94 bits per heavy atom. The zero-order valence-corrected chi connectivity index (χ0v) is 12.0. The van der Waals surface area contributed by atoms with Crippen molar-refractivity contribution in [1.82, 2.24) is 5.32 Å². The van der Waals surface area contributed by atoms with Gasteiger partial charge in [0.15, 0.2) is 0 Å². The van der Waals surface area contributed by atoms with Gasteiger partial charge < -0.3 is 14.8 Å². The minimum absolute atomic E-state index is 0.264. The summed E-state index contributed by atoms with van der Waals surface area (Å²) < 4.78 is 11.6. The maximum Gasteiger partial charge on any atom is 0.0986 e. The van der Waals surface area contributed by atoms with E-state index in [4.69, 9.17) is 9.47 Å². The van der Waals surface area contributed by atoms with Crippen molar-refractivity contribution in [2.45, 2.75) is 70.1 Å². The Bertz CT molecular complexity index is 229. The van der Waals surface area contributed by atoms with E-state index < -0.39 is 0 Å². The Morgan fingerprint density at radius 3 is 2.61 bits per heavy atom. The van der Waals surface area contributed by atoms with Gasteiger partial charge in [0.25, 0.3) is 0 Å². The van der Waals surface area contributed by atoms with Crippen molar-refractivity contribution in [2.24, 2.45) is 5.92 Å². The molecule has 2 saturated carbocycles. The summed E-state index contributed by atoms with van der Waals surface area (Å²) in [4.78, 5) is 0. The van der Waals surface area contributed by atoms with Gasteiger partial charge in [-0.1, -0.05) is 26.2 Å². The van der Waals surface area contributed by atoms with Crippen LogP contribution in [0.25, 0.3) is 0 Å². The lowest BCUT2D eigenvalue weighted by Crippen LogP contribution is -2.60. The number of hydrogen-bond donors (Lipinski definition) is 1. The lowest BCUT2D eigenvalue weighted by atomic mass is 9.84. The second-order valence-corrected chi connectivity index (χ2v) is 5.87. The summed E-state index contributed by atoms with van der Waals surface area (Å²) in [6.45, 7) is 4.23. The number of ether oxygens (including phenoxy) is 2. The molecule has 2 aliphatic rings. The highest BCUT2D eigenvalue weighted by atomic mass is 16.5. The zero-order chi connectivity index (χ0) is 12.8. The van der Waals surface area contributed by atoms with Gasteiger partial charge in [-0.25, -0.2) is 0 Å². The quantitative estimate of drug-likeness (QED) is 0.759. The predicted molar refractivity (Wildman–Crippen MR) is 73.8 cm³/mol. The van der Waals surface area contributed by atoms with Crippen LogP contribution in [-0.4, -0.2) is 38.5 Å². The molecule has 106 valence electrons. The number of rotatable bonds is 7. The molecule has 3 nitrogen and oxygen atoms in total. The van der Waals surface area contributed by atoms with Gasteiger partial charge in [-0.2, -0.15) is 0 Å². The van der Waals surface area contributed by atoms with Gasteiger partial charge in [0, 0.05) is 19.8 Å². The van der Waals surface area contributed by atoms with Crippen molar-refractivity contribution in [3.8, 4) is 0 Å². The Kier molecular flexibility index (Phi) is 5.93. The molecule has 0 heterocycles. The van der Waals surface area contributed by atoms with Gasteiger partial charge in [0.05, 0.1) is 12.2 Å². The van der Waals surface area contributed by atoms with Gasteiger partial charge in [-0.05, 0) is 38.1 Å². The predicted octanol–water partition coefficient (Wildman–Crippen LogP) is 2.74. The number of methoxy groups -OCH3 is 1. The molecule has 0 saturated heterocycles. The second-order valence-electron chi connectivity index (χ2n) is 5.87. The topological polar surface area (TPSA) is 30.5 Å². The molecule has 0 radical (unpaired) electrons. The Balaban J connectivity index is 1.64. The van der Waals surface area contributed by atoms with Crippen LogP contribution in [0.4, 0.5) is 0 Å². The van der Waals surface area contributed by atoms with E-state index in [1.165, 1.54) is 38.5 Å². The van der Waals surface area contributed by atoms with Gasteiger partial charge in [0.1, 0.15) is 0 Å². The van der Waals surface area contributed by atoms with Crippen LogP contribution in [0.1, 0.15) is 51.9 Å². The van der Waals surface area contributed by atoms with Crippen LogP contribution in [0.2, 0.25) is 0 Å².